The third-order valence-corrected chi connectivity index (χ3v) is 3.74. The van der Waals surface area contributed by atoms with Crippen molar-refractivity contribution in [3.8, 4) is 0 Å². The maximum absolute atomic E-state index is 12.9. The lowest BCUT2D eigenvalue weighted by atomic mass is 10.1. The van der Waals surface area contributed by atoms with Gasteiger partial charge in [0.1, 0.15) is 10.0 Å². The molecule has 0 aliphatic heterocycles. The highest BCUT2D eigenvalue weighted by Gasteiger charge is 2.18. The number of aliphatic hydroxyl groups excluding tert-OH is 2. The molecule has 0 atom stereocenters. The van der Waals surface area contributed by atoms with Gasteiger partial charge in [-0.05, 0) is 18.2 Å². The molecule has 0 heterocycles. The summed E-state index contributed by atoms with van der Waals surface area (Å²) < 4.78 is 52.4. The molecule has 0 amide bonds. The molecule has 102 valence electrons. The van der Waals surface area contributed by atoms with Gasteiger partial charge in [0.2, 0.25) is 0 Å². The average Bonchev–Trinajstić information content (AvgIpc) is 2.32. The van der Waals surface area contributed by atoms with E-state index in [9.17, 15) is 17.2 Å². The third kappa shape index (κ3) is 3.22. The Bertz CT molecular complexity index is 529. The van der Waals surface area contributed by atoms with Gasteiger partial charge in [-0.3, -0.25) is 0 Å². The van der Waals surface area contributed by atoms with Gasteiger partial charge in [-0.2, -0.15) is 0 Å². The fourth-order valence-corrected chi connectivity index (χ4v) is 2.38. The molecule has 0 saturated carbocycles. The molecule has 5 nitrogen and oxygen atoms in total. The van der Waals surface area contributed by atoms with E-state index in [4.69, 9.17) is 10.2 Å². The van der Waals surface area contributed by atoms with Crippen LogP contribution in [0, 0.1) is 11.6 Å². The maximum Gasteiger partial charge on any atom is 0.160 e. The third-order valence-electron chi connectivity index (χ3n) is 2.21. The first-order valence-corrected chi connectivity index (χ1v) is 6.34. The minimum atomic E-state index is -4.28. The molecule has 0 aliphatic carbocycles. The van der Waals surface area contributed by atoms with E-state index < -0.39 is 45.3 Å². The van der Waals surface area contributed by atoms with Crippen molar-refractivity contribution in [1.82, 2.24) is 0 Å². The van der Waals surface area contributed by atoms with Gasteiger partial charge in [0.25, 0.3) is 0 Å². The Hall–Kier alpha value is -1.09. The van der Waals surface area contributed by atoms with Gasteiger partial charge in [-0.25, -0.2) is 17.2 Å². The number of hydrogen-bond acceptors (Lipinski definition) is 4. The van der Waals surface area contributed by atoms with Crippen molar-refractivity contribution in [2.24, 2.45) is 0 Å². The van der Waals surface area contributed by atoms with E-state index in [2.05, 4.69) is 4.72 Å². The van der Waals surface area contributed by atoms with E-state index in [-0.39, 0.29) is 0 Å². The molecule has 18 heavy (non-hydrogen) atoms. The molecule has 1 aromatic carbocycles. The molecule has 0 fully saturated rings. The Morgan fingerprint density at radius 1 is 1.22 bits per heavy atom. The minimum absolute atomic E-state index is 0.489. The molecule has 1 rings (SSSR count). The maximum atomic E-state index is 12.9. The summed E-state index contributed by atoms with van der Waals surface area (Å²) in [6.07, 6.45) is 0. The molecular weight excluding hydrogens is 268 g/mol. The summed E-state index contributed by atoms with van der Waals surface area (Å²) in [6.45, 7) is -0.191. The zero-order valence-corrected chi connectivity index (χ0v) is 10.3. The normalized spacial score (nSPS) is 12.7. The van der Waals surface area contributed by atoms with E-state index in [1.54, 1.807) is 0 Å². The molecule has 2 N–H and O–H groups in total. The summed E-state index contributed by atoms with van der Waals surface area (Å²) >= 11 is 0. The molecular formula is C10H12F2NO4S-. The first-order chi connectivity index (χ1) is 8.24. The van der Waals surface area contributed by atoms with Gasteiger partial charge in [0, 0.05) is 13.2 Å². The van der Waals surface area contributed by atoms with Gasteiger partial charge < -0.3 is 14.9 Å². The number of benzene rings is 1. The van der Waals surface area contributed by atoms with Crippen LogP contribution in [0.5, 0.6) is 0 Å². The zero-order valence-electron chi connectivity index (χ0n) is 9.47. The first-order valence-electron chi connectivity index (χ1n) is 4.90. The highest BCUT2D eigenvalue weighted by atomic mass is 32.2. The summed E-state index contributed by atoms with van der Waals surface area (Å²) in [5, 5.41) is 17.9. The second-order valence-electron chi connectivity index (χ2n) is 3.96. The second kappa shape index (κ2) is 5.27. The number of rotatable bonds is 5. The van der Waals surface area contributed by atoms with Crippen molar-refractivity contribution in [2.45, 2.75) is 17.4 Å². The van der Waals surface area contributed by atoms with Crippen LogP contribution in [0.1, 0.15) is 6.92 Å². The number of halogens is 2. The molecule has 0 aromatic heterocycles. The second-order valence-corrected chi connectivity index (χ2v) is 5.56. The monoisotopic (exact) mass is 280 g/mol. The standard InChI is InChI=1S/C10H12F2NO4S/c1-10(5-14,6-15)13-18(16,17)7-2-3-8(11)9(12)4-7/h2-4,14-15H,5-6H2,1H3/q-1. The summed E-state index contributed by atoms with van der Waals surface area (Å²) in [4.78, 5) is -0.547. The van der Waals surface area contributed by atoms with Crippen LogP contribution in [0.15, 0.2) is 23.1 Å². The lowest BCUT2D eigenvalue weighted by molar-refractivity contribution is 0.156. The predicted octanol–water partition coefficient (Wildman–Crippen LogP) is 0.771. The molecule has 0 bridgehead atoms. The molecule has 0 radical (unpaired) electrons. The zero-order chi connectivity index (χ0) is 14.0. The number of aliphatic hydroxyl groups is 2. The molecule has 1 aromatic rings. The molecule has 0 aliphatic rings. The summed E-state index contributed by atoms with van der Waals surface area (Å²) in [5.41, 5.74) is -1.61. The van der Waals surface area contributed by atoms with Crippen LogP contribution in [0.4, 0.5) is 8.78 Å². The van der Waals surface area contributed by atoms with Crippen LogP contribution in [0.3, 0.4) is 0 Å². The fourth-order valence-electron chi connectivity index (χ4n) is 1.09. The van der Waals surface area contributed by atoms with Crippen molar-refractivity contribution in [3.63, 3.8) is 0 Å². The van der Waals surface area contributed by atoms with Crippen molar-refractivity contribution in [1.29, 1.82) is 0 Å². The summed E-state index contributed by atoms with van der Waals surface area (Å²) in [5.74, 6) is -2.50. The lowest BCUT2D eigenvalue weighted by Crippen LogP contribution is -2.35. The lowest BCUT2D eigenvalue weighted by Gasteiger charge is -2.39. The Kier molecular flexibility index (Phi) is 4.38. The van der Waals surface area contributed by atoms with E-state index >= 15 is 0 Å². The molecule has 0 unspecified atom stereocenters. The largest absolute Gasteiger partial charge is 0.536 e. The quantitative estimate of drug-likeness (QED) is 0.833. The number of hydrogen-bond donors (Lipinski definition) is 2. The first kappa shape index (κ1) is 15.0. The SMILES string of the molecule is CC(CO)(CO)[N-]S(=O)(=O)c1ccc(F)c(F)c1. The van der Waals surface area contributed by atoms with Gasteiger partial charge in [-0.1, -0.05) is 12.5 Å². The van der Waals surface area contributed by atoms with Crippen LogP contribution in [0.2, 0.25) is 0 Å². The van der Waals surface area contributed by atoms with Crippen molar-refractivity contribution in [2.75, 3.05) is 13.2 Å². The number of nitrogens with zero attached hydrogens (tertiary/aromatic N) is 1. The fraction of sp³-hybridized carbons (Fsp3) is 0.400. The van der Waals surface area contributed by atoms with Crippen molar-refractivity contribution in [3.05, 3.63) is 34.6 Å². The van der Waals surface area contributed by atoms with Crippen LogP contribution in [0.25, 0.3) is 4.72 Å². The van der Waals surface area contributed by atoms with Crippen LogP contribution in [-0.2, 0) is 10.0 Å². The topological polar surface area (TPSA) is 88.7 Å². The van der Waals surface area contributed by atoms with Crippen LogP contribution in [-0.4, -0.2) is 37.4 Å². The predicted molar refractivity (Wildman–Crippen MR) is 59.5 cm³/mol. The van der Waals surface area contributed by atoms with Crippen molar-refractivity contribution >= 4 is 10.0 Å². The minimum Gasteiger partial charge on any atom is -0.536 e. The smallest absolute Gasteiger partial charge is 0.160 e. The van der Waals surface area contributed by atoms with E-state index in [0.29, 0.717) is 12.1 Å². The molecule has 8 heteroatoms. The van der Waals surface area contributed by atoms with Crippen molar-refractivity contribution < 1.29 is 27.4 Å². The number of sulfonamides is 1. The Morgan fingerprint density at radius 2 is 1.78 bits per heavy atom. The van der Waals surface area contributed by atoms with Gasteiger partial charge in [-0.15, -0.1) is 0 Å². The van der Waals surface area contributed by atoms with E-state index in [0.717, 1.165) is 6.07 Å². The molecule has 0 spiro atoms. The van der Waals surface area contributed by atoms with Gasteiger partial charge in [0.05, 0.1) is 4.90 Å². The molecule has 0 saturated heterocycles. The summed E-state index contributed by atoms with van der Waals surface area (Å²) in [7, 11) is -4.28. The van der Waals surface area contributed by atoms with Crippen LogP contribution >= 0.6 is 0 Å². The highest BCUT2D eigenvalue weighted by Crippen LogP contribution is 2.26. The average molecular weight is 280 g/mol. The van der Waals surface area contributed by atoms with E-state index in [1.807, 2.05) is 0 Å². The van der Waals surface area contributed by atoms with E-state index in [1.165, 1.54) is 6.92 Å². The highest BCUT2D eigenvalue weighted by molar-refractivity contribution is 7.94. The van der Waals surface area contributed by atoms with Crippen LogP contribution < -0.4 is 0 Å². The Morgan fingerprint density at radius 3 is 2.22 bits per heavy atom. The Balaban J connectivity index is 3.10. The van der Waals surface area contributed by atoms with Gasteiger partial charge in [0.15, 0.2) is 11.6 Å². The van der Waals surface area contributed by atoms with Gasteiger partial charge >= 0.3 is 0 Å². The Labute approximate surface area is 103 Å². The summed E-state index contributed by atoms with van der Waals surface area (Å²) in [6, 6.07) is 2.00.